The number of nitrogens with one attached hydrogen (secondary N) is 2. The standard InChI is InChI=1S/C23H21FN4O5S/c1-32-17-8-13(4-7-16(17)33-10-18(25)29)15-9-19(30)26-21-20(15)22(31)28-23(27-21)34-11-12-2-5-14(24)6-3-12/h2-8,15H,9-11H2,1H3,(H2,25,29)(H2,26,27,28,30,31)/t15-/m0/s1. The molecule has 4 N–H and O–H groups in total. The minimum Gasteiger partial charge on any atom is -0.493 e. The molecule has 2 heterocycles. The lowest BCUT2D eigenvalue weighted by Gasteiger charge is -2.25. The Bertz CT molecular complexity index is 1300. The van der Waals surface area contributed by atoms with Crippen LogP contribution in [0.5, 0.6) is 11.5 Å². The third kappa shape index (κ3) is 5.20. The summed E-state index contributed by atoms with van der Waals surface area (Å²) in [6.07, 6.45) is 0.0461. The molecule has 0 radical (unpaired) electrons. The highest BCUT2D eigenvalue weighted by molar-refractivity contribution is 7.98. The van der Waals surface area contributed by atoms with E-state index in [1.54, 1.807) is 30.3 Å². The quantitative estimate of drug-likeness (QED) is 0.330. The number of nitrogens with zero attached hydrogens (tertiary/aromatic N) is 1. The lowest BCUT2D eigenvalue weighted by molar-refractivity contribution is -0.120. The van der Waals surface area contributed by atoms with E-state index in [2.05, 4.69) is 15.3 Å². The van der Waals surface area contributed by atoms with Gasteiger partial charge in [-0.15, -0.1) is 0 Å². The summed E-state index contributed by atoms with van der Waals surface area (Å²) in [7, 11) is 1.44. The number of hydrogen-bond donors (Lipinski definition) is 3. The van der Waals surface area contributed by atoms with Crippen molar-refractivity contribution in [2.24, 2.45) is 5.73 Å². The molecule has 3 aromatic rings. The van der Waals surface area contributed by atoms with Crippen LogP contribution < -0.4 is 26.1 Å². The maximum atomic E-state index is 13.1. The number of methoxy groups -OCH3 is 1. The second kappa shape index (κ2) is 9.96. The van der Waals surface area contributed by atoms with Crippen LogP contribution in [0.25, 0.3) is 0 Å². The molecule has 0 aliphatic carbocycles. The van der Waals surface area contributed by atoms with E-state index in [0.717, 1.165) is 5.56 Å². The fourth-order valence-corrected chi connectivity index (χ4v) is 4.42. The normalized spacial score (nSPS) is 14.8. The molecular weight excluding hydrogens is 463 g/mol. The molecule has 4 rings (SSSR count). The van der Waals surface area contributed by atoms with Crippen LogP contribution in [-0.2, 0) is 15.3 Å². The van der Waals surface area contributed by atoms with Gasteiger partial charge in [0, 0.05) is 18.1 Å². The van der Waals surface area contributed by atoms with Crippen molar-refractivity contribution in [3.8, 4) is 11.5 Å². The van der Waals surface area contributed by atoms with E-state index < -0.39 is 11.8 Å². The van der Waals surface area contributed by atoms with Gasteiger partial charge in [0.1, 0.15) is 11.6 Å². The first-order chi connectivity index (χ1) is 16.3. The van der Waals surface area contributed by atoms with Crippen molar-refractivity contribution in [1.29, 1.82) is 0 Å². The fraction of sp³-hybridized carbons (Fsp3) is 0.217. The fourth-order valence-electron chi connectivity index (χ4n) is 3.61. The topological polar surface area (TPSA) is 136 Å². The highest BCUT2D eigenvalue weighted by Crippen LogP contribution is 2.38. The molecule has 34 heavy (non-hydrogen) atoms. The van der Waals surface area contributed by atoms with Crippen molar-refractivity contribution in [1.82, 2.24) is 9.97 Å². The smallest absolute Gasteiger partial charge is 0.257 e. The molecule has 1 aromatic heterocycles. The number of anilines is 1. The number of rotatable bonds is 8. The summed E-state index contributed by atoms with van der Waals surface area (Å²) in [4.78, 5) is 43.7. The minimum absolute atomic E-state index is 0.0461. The zero-order chi connectivity index (χ0) is 24.2. The zero-order valence-corrected chi connectivity index (χ0v) is 18.9. The Hall–Kier alpha value is -3.86. The molecule has 176 valence electrons. The molecule has 0 saturated heterocycles. The summed E-state index contributed by atoms with van der Waals surface area (Å²) >= 11 is 1.27. The van der Waals surface area contributed by atoms with Crippen LogP contribution in [0, 0.1) is 5.82 Å². The molecule has 1 atom stereocenters. The van der Waals surface area contributed by atoms with Gasteiger partial charge in [-0.2, -0.15) is 0 Å². The number of hydrogen-bond acceptors (Lipinski definition) is 7. The molecule has 11 heteroatoms. The number of amides is 2. The Morgan fingerprint density at radius 2 is 1.97 bits per heavy atom. The SMILES string of the molecule is COc1cc([C@@H]2CC(=O)Nc3nc(SCc4ccc(F)cc4)[nH]c(=O)c32)ccc1OCC(N)=O. The monoisotopic (exact) mass is 484 g/mol. The summed E-state index contributed by atoms with van der Waals surface area (Å²) < 4.78 is 23.8. The Balaban J connectivity index is 1.62. The largest absolute Gasteiger partial charge is 0.493 e. The number of aromatic amines is 1. The predicted octanol–water partition coefficient (Wildman–Crippen LogP) is 2.55. The summed E-state index contributed by atoms with van der Waals surface area (Å²) in [6.45, 7) is -0.313. The minimum atomic E-state index is -0.630. The zero-order valence-electron chi connectivity index (χ0n) is 18.1. The summed E-state index contributed by atoms with van der Waals surface area (Å²) in [5.41, 5.74) is 6.60. The van der Waals surface area contributed by atoms with Gasteiger partial charge < -0.3 is 25.5 Å². The first-order valence-corrected chi connectivity index (χ1v) is 11.2. The van der Waals surface area contributed by atoms with E-state index in [4.69, 9.17) is 15.2 Å². The molecule has 1 aliphatic heterocycles. The highest BCUT2D eigenvalue weighted by Gasteiger charge is 2.31. The van der Waals surface area contributed by atoms with Gasteiger partial charge >= 0.3 is 0 Å². The second-order valence-corrected chi connectivity index (χ2v) is 8.48. The Morgan fingerprint density at radius 1 is 1.21 bits per heavy atom. The van der Waals surface area contributed by atoms with Crippen LogP contribution >= 0.6 is 11.8 Å². The molecule has 2 aromatic carbocycles. The highest BCUT2D eigenvalue weighted by atomic mass is 32.2. The van der Waals surface area contributed by atoms with Crippen LogP contribution in [0.3, 0.4) is 0 Å². The van der Waals surface area contributed by atoms with Crippen molar-refractivity contribution < 1.29 is 23.5 Å². The van der Waals surface area contributed by atoms with E-state index in [1.807, 2.05) is 0 Å². The molecule has 9 nitrogen and oxygen atoms in total. The van der Waals surface area contributed by atoms with E-state index in [0.29, 0.717) is 33.5 Å². The predicted molar refractivity (Wildman–Crippen MR) is 124 cm³/mol. The van der Waals surface area contributed by atoms with Gasteiger partial charge in [-0.1, -0.05) is 30.0 Å². The van der Waals surface area contributed by atoms with Gasteiger partial charge in [0.05, 0.1) is 12.7 Å². The van der Waals surface area contributed by atoms with E-state index in [9.17, 15) is 18.8 Å². The number of carbonyl (C=O) groups is 2. The average Bonchev–Trinajstić information content (AvgIpc) is 2.81. The van der Waals surface area contributed by atoms with Crippen molar-refractivity contribution in [2.75, 3.05) is 19.0 Å². The lowest BCUT2D eigenvalue weighted by atomic mass is 9.86. The van der Waals surface area contributed by atoms with Crippen LogP contribution in [-0.4, -0.2) is 35.5 Å². The Labute approximate surface area is 197 Å². The molecule has 0 spiro atoms. The number of halogens is 1. The second-order valence-electron chi connectivity index (χ2n) is 7.52. The van der Waals surface area contributed by atoms with Crippen LogP contribution in [0.15, 0.2) is 52.4 Å². The molecule has 2 amide bonds. The van der Waals surface area contributed by atoms with Crippen molar-refractivity contribution in [2.45, 2.75) is 23.2 Å². The van der Waals surface area contributed by atoms with Crippen molar-refractivity contribution in [3.63, 3.8) is 0 Å². The molecule has 0 fully saturated rings. The third-order valence-corrected chi connectivity index (χ3v) is 6.12. The van der Waals surface area contributed by atoms with Crippen LogP contribution in [0.4, 0.5) is 10.2 Å². The third-order valence-electron chi connectivity index (χ3n) is 5.18. The van der Waals surface area contributed by atoms with E-state index >= 15 is 0 Å². The van der Waals surface area contributed by atoms with Gasteiger partial charge in [-0.25, -0.2) is 9.37 Å². The number of ether oxygens (including phenoxy) is 2. The Kier molecular flexibility index (Phi) is 6.82. The maximum Gasteiger partial charge on any atom is 0.257 e. The number of aromatic nitrogens is 2. The Morgan fingerprint density at radius 3 is 2.68 bits per heavy atom. The number of fused-ring (bicyclic) bond motifs is 1. The average molecular weight is 485 g/mol. The van der Waals surface area contributed by atoms with Gasteiger partial charge in [0.2, 0.25) is 5.91 Å². The number of carbonyl (C=O) groups excluding carboxylic acids is 2. The van der Waals surface area contributed by atoms with Crippen LogP contribution in [0.2, 0.25) is 0 Å². The number of H-pyrrole nitrogens is 1. The van der Waals surface area contributed by atoms with Gasteiger partial charge in [0.25, 0.3) is 11.5 Å². The first-order valence-electron chi connectivity index (χ1n) is 10.2. The van der Waals surface area contributed by atoms with Crippen LogP contribution in [0.1, 0.15) is 29.0 Å². The summed E-state index contributed by atoms with van der Waals surface area (Å²) in [5.74, 6) is -0.495. The molecule has 0 unspecified atom stereocenters. The van der Waals surface area contributed by atoms with E-state index in [1.165, 1.54) is 31.0 Å². The maximum absolute atomic E-state index is 13.1. The van der Waals surface area contributed by atoms with Gasteiger partial charge in [0.15, 0.2) is 23.3 Å². The molecule has 0 bridgehead atoms. The number of benzene rings is 2. The number of thioether (sulfide) groups is 1. The van der Waals surface area contributed by atoms with E-state index in [-0.39, 0.29) is 36.1 Å². The molecular formula is C23H21FN4O5S. The van der Waals surface area contributed by atoms with Gasteiger partial charge in [-0.3, -0.25) is 14.4 Å². The summed E-state index contributed by atoms with van der Waals surface area (Å²) in [6, 6.07) is 11.0. The number of primary amides is 1. The van der Waals surface area contributed by atoms with Crippen molar-refractivity contribution >= 4 is 29.4 Å². The summed E-state index contributed by atoms with van der Waals surface area (Å²) in [5, 5.41) is 3.01. The lowest BCUT2D eigenvalue weighted by Crippen LogP contribution is -2.31. The molecule has 1 aliphatic rings. The van der Waals surface area contributed by atoms with Gasteiger partial charge in [-0.05, 0) is 35.4 Å². The first kappa shape index (κ1) is 23.3. The molecule has 0 saturated carbocycles. The van der Waals surface area contributed by atoms with Crippen molar-refractivity contribution in [3.05, 3.63) is 75.3 Å². The number of nitrogens with two attached hydrogens (primary N) is 1.